The van der Waals surface area contributed by atoms with E-state index >= 15 is 0 Å². The maximum Gasteiger partial charge on any atom is 0.254 e. The number of amides is 1. The summed E-state index contributed by atoms with van der Waals surface area (Å²) in [5.74, 6) is -0.181. The van der Waals surface area contributed by atoms with Crippen molar-refractivity contribution in [2.75, 3.05) is 7.11 Å². The molecule has 0 aromatic heterocycles. The molecule has 3 rings (SSSR count). The van der Waals surface area contributed by atoms with E-state index < -0.39 is 6.10 Å². The van der Waals surface area contributed by atoms with Crippen LogP contribution in [0.4, 0.5) is 0 Å². The average molecular weight is 373 g/mol. The molecular weight excluding hydrogens is 350 g/mol. The van der Waals surface area contributed by atoms with Gasteiger partial charge in [-0.15, -0.1) is 0 Å². The second-order valence-electron chi connectivity index (χ2n) is 6.43. The molecular formula is C23H23N3O2. The average Bonchev–Trinajstić information content (AvgIpc) is 2.74. The number of hydrogen-bond acceptors (Lipinski definition) is 3. The molecule has 142 valence electrons. The van der Waals surface area contributed by atoms with Gasteiger partial charge in [-0.2, -0.15) is 0 Å². The molecule has 0 unspecified atom stereocenters. The van der Waals surface area contributed by atoms with Crippen LogP contribution >= 0.6 is 0 Å². The highest BCUT2D eigenvalue weighted by Crippen LogP contribution is 2.23. The number of nitrogen functional groups attached to an aromatic ring is 1. The second-order valence-corrected chi connectivity index (χ2v) is 6.43. The quantitative estimate of drug-likeness (QED) is 0.436. The molecule has 0 heterocycles. The summed E-state index contributed by atoms with van der Waals surface area (Å²) in [6.07, 6.45) is -0.679. The number of benzene rings is 3. The van der Waals surface area contributed by atoms with Crippen molar-refractivity contribution in [3.63, 3.8) is 0 Å². The number of nitrogens with one attached hydrogen (secondary N) is 2. The van der Waals surface area contributed by atoms with Gasteiger partial charge < -0.3 is 15.8 Å². The predicted molar refractivity (Wildman–Crippen MR) is 111 cm³/mol. The third-order valence-corrected chi connectivity index (χ3v) is 4.53. The number of carbonyl (C=O) groups excluding carboxylic acids is 1. The van der Waals surface area contributed by atoms with Crippen molar-refractivity contribution in [1.29, 1.82) is 5.41 Å². The topological polar surface area (TPSA) is 88.2 Å². The minimum absolute atomic E-state index is 0.0222. The van der Waals surface area contributed by atoms with E-state index in [1.807, 2.05) is 66.7 Å². The third-order valence-electron chi connectivity index (χ3n) is 4.53. The molecule has 0 aliphatic carbocycles. The molecule has 28 heavy (non-hydrogen) atoms. The van der Waals surface area contributed by atoms with Gasteiger partial charge in [0.2, 0.25) is 0 Å². The number of amidine groups is 1. The number of carbonyl (C=O) groups is 1. The van der Waals surface area contributed by atoms with Crippen molar-refractivity contribution in [3.05, 3.63) is 95.6 Å². The van der Waals surface area contributed by atoms with Crippen LogP contribution in [0.5, 0.6) is 0 Å². The molecule has 0 radical (unpaired) electrons. The molecule has 0 saturated carbocycles. The van der Waals surface area contributed by atoms with Crippen molar-refractivity contribution < 1.29 is 9.53 Å². The Morgan fingerprint density at radius 1 is 0.964 bits per heavy atom. The minimum atomic E-state index is -0.679. The smallest absolute Gasteiger partial charge is 0.254 e. The Balaban J connectivity index is 1.65. The summed E-state index contributed by atoms with van der Waals surface area (Å²) in [7, 11) is 1.52. The highest BCUT2D eigenvalue weighted by Gasteiger charge is 2.19. The zero-order chi connectivity index (χ0) is 19.9. The lowest BCUT2D eigenvalue weighted by Crippen LogP contribution is -2.30. The van der Waals surface area contributed by atoms with Gasteiger partial charge in [0.15, 0.2) is 6.10 Å². The summed E-state index contributed by atoms with van der Waals surface area (Å²) in [5.41, 5.74) is 10.0. The highest BCUT2D eigenvalue weighted by atomic mass is 16.5. The first kappa shape index (κ1) is 19.3. The van der Waals surface area contributed by atoms with Crippen LogP contribution in [-0.4, -0.2) is 18.9 Å². The predicted octanol–water partition coefficient (Wildman–Crippen LogP) is 3.64. The fourth-order valence-electron chi connectivity index (χ4n) is 2.96. The number of nitrogens with two attached hydrogens (primary N) is 1. The van der Waals surface area contributed by atoms with Gasteiger partial charge >= 0.3 is 0 Å². The normalized spacial score (nSPS) is 11.6. The monoisotopic (exact) mass is 373 g/mol. The van der Waals surface area contributed by atoms with Crippen LogP contribution < -0.4 is 11.1 Å². The SMILES string of the molecule is CO[C@H](C(=O)NCc1ccc(C(=N)N)cc1)c1ccc(-c2ccccc2)cc1. The summed E-state index contributed by atoms with van der Waals surface area (Å²) < 4.78 is 5.43. The van der Waals surface area contributed by atoms with E-state index in [1.54, 1.807) is 12.1 Å². The summed E-state index contributed by atoms with van der Waals surface area (Å²) >= 11 is 0. The summed E-state index contributed by atoms with van der Waals surface area (Å²) in [6.45, 7) is 0.374. The van der Waals surface area contributed by atoms with Crippen molar-refractivity contribution in [1.82, 2.24) is 5.32 Å². The van der Waals surface area contributed by atoms with Crippen LogP contribution in [-0.2, 0) is 16.1 Å². The molecule has 3 aromatic carbocycles. The first-order chi connectivity index (χ1) is 13.6. The lowest BCUT2D eigenvalue weighted by atomic mass is 10.0. The van der Waals surface area contributed by atoms with Crippen molar-refractivity contribution >= 4 is 11.7 Å². The zero-order valence-corrected chi connectivity index (χ0v) is 15.7. The third kappa shape index (κ3) is 4.64. The molecule has 5 nitrogen and oxygen atoms in total. The maximum atomic E-state index is 12.6. The van der Waals surface area contributed by atoms with E-state index in [4.69, 9.17) is 15.9 Å². The van der Waals surface area contributed by atoms with Gasteiger partial charge in [0, 0.05) is 19.2 Å². The van der Waals surface area contributed by atoms with Crippen LogP contribution in [0.3, 0.4) is 0 Å². The standard InChI is InChI=1S/C23H23N3O2/c1-28-21(19-13-11-18(12-14-19)17-5-3-2-4-6-17)23(27)26-15-16-7-9-20(10-8-16)22(24)25/h2-14,21H,15H2,1H3,(H3,24,25)(H,26,27)/t21-/m0/s1. The Kier molecular flexibility index (Phi) is 6.19. The number of hydrogen-bond donors (Lipinski definition) is 3. The minimum Gasteiger partial charge on any atom is -0.384 e. The highest BCUT2D eigenvalue weighted by molar-refractivity contribution is 5.94. The molecule has 1 amide bonds. The zero-order valence-electron chi connectivity index (χ0n) is 15.7. The molecule has 0 aliphatic rings. The Labute approximate surface area is 164 Å². The fraction of sp³-hybridized carbons (Fsp3) is 0.130. The van der Waals surface area contributed by atoms with Crippen LogP contribution in [0, 0.1) is 5.41 Å². The molecule has 0 aliphatic heterocycles. The van der Waals surface area contributed by atoms with Gasteiger partial charge in [0.1, 0.15) is 5.84 Å². The van der Waals surface area contributed by atoms with Gasteiger partial charge in [0.05, 0.1) is 0 Å². The summed E-state index contributed by atoms with van der Waals surface area (Å²) in [5, 5.41) is 10.3. The summed E-state index contributed by atoms with van der Waals surface area (Å²) in [6, 6.07) is 25.1. The van der Waals surface area contributed by atoms with Crippen LogP contribution in [0.2, 0.25) is 0 Å². The van der Waals surface area contributed by atoms with E-state index in [9.17, 15) is 4.79 Å². The van der Waals surface area contributed by atoms with Gasteiger partial charge in [0.25, 0.3) is 5.91 Å². The largest absolute Gasteiger partial charge is 0.384 e. The summed E-state index contributed by atoms with van der Waals surface area (Å²) in [4.78, 5) is 12.6. The lowest BCUT2D eigenvalue weighted by molar-refractivity contribution is -0.131. The Morgan fingerprint density at radius 3 is 2.14 bits per heavy atom. The van der Waals surface area contributed by atoms with E-state index in [2.05, 4.69) is 5.32 Å². The van der Waals surface area contributed by atoms with E-state index in [-0.39, 0.29) is 11.7 Å². The van der Waals surface area contributed by atoms with Crippen molar-refractivity contribution in [2.45, 2.75) is 12.6 Å². The van der Waals surface area contributed by atoms with E-state index in [1.165, 1.54) is 7.11 Å². The number of ether oxygens (including phenoxy) is 1. The van der Waals surface area contributed by atoms with Gasteiger partial charge in [-0.05, 0) is 22.3 Å². The second kappa shape index (κ2) is 8.97. The van der Waals surface area contributed by atoms with Crippen LogP contribution in [0.1, 0.15) is 22.8 Å². The molecule has 0 saturated heterocycles. The van der Waals surface area contributed by atoms with E-state index in [0.29, 0.717) is 12.1 Å². The first-order valence-corrected chi connectivity index (χ1v) is 8.97. The van der Waals surface area contributed by atoms with Crippen LogP contribution in [0.25, 0.3) is 11.1 Å². The number of methoxy groups -OCH3 is 1. The van der Waals surface area contributed by atoms with Gasteiger partial charge in [-0.1, -0.05) is 78.9 Å². The molecule has 0 fully saturated rings. The Morgan fingerprint density at radius 2 is 1.57 bits per heavy atom. The maximum absolute atomic E-state index is 12.6. The first-order valence-electron chi connectivity index (χ1n) is 8.97. The Bertz CT molecular complexity index is 936. The molecule has 0 spiro atoms. The fourth-order valence-corrected chi connectivity index (χ4v) is 2.96. The molecule has 5 heteroatoms. The van der Waals surface area contributed by atoms with Crippen LogP contribution in [0.15, 0.2) is 78.9 Å². The molecule has 4 N–H and O–H groups in total. The van der Waals surface area contributed by atoms with Crippen molar-refractivity contribution in [2.24, 2.45) is 5.73 Å². The molecule has 0 bridgehead atoms. The Hall–Kier alpha value is -3.44. The molecule has 1 atom stereocenters. The van der Waals surface area contributed by atoms with Crippen molar-refractivity contribution in [3.8, 4) is 11.1 Å². The number of rotatable bonds is 7. The lowest BCUT2D eigenvalue weighted by Gasteiger charge is -2.16. The van der Waals surface area contributed by atoms with Gasteiger partial charge in [-0.3, -0.25) is 10.2 Å². The van der Waals surface area contributed by atoms with Gasteiger partial charge in [-0.25, -0.2) is 0 Å². The van der Waals surface area contributed by atoms with E-state index in [0.717, 1.165) is 22.3 Å². The molecule has 3 aromatic rings.